The van der Waals surface area contributed by atoms with Crippen molar-refractivity contribution in [2.45, 2.75) is 19.9 Å². The first-order valence-electron chi connectivity index (χ1n) is 8.92. The van der Waals surface area contributed by atoms with Gasteiger partial charge in [-0.15, -0.1) is 0 Å². The molecule has 26 heavy (non-hydrogen) atoms. The Morgan fingerprint density at radius 1 is 1.23 bits per heavy atom. The Bertz CT molecular complexity index is 823. The van der Waals surface area contributed by atoms with Crippen molar-refractivity contribution in [1.82, 2.24) is 14.7 Å². The highest BCUT2D eigenvalue weighted by molar-refractivity contribution is 6.03. The summed E-state index contributed by atoms with van der Waals surface area (Å²) < 4.78 is 13.7. The standard InChI is InChI=1S/C19H22FN5O/c1-13-3-4-15(9-16(13)20)19(26)24-7-5-23(6-8-24)17-10-18-21-11-14(2)25(18)12-22-17/h3-4,9-10,12,14H,5-8,11H2,1-2H3. The van der Waals surface area contributed by atoms with Gasteiger partial charge in [0.1, 0.15) is 17.5 Å². The van der Waals surface area contributed by atoms with Crippen molar-refractivity contribution in [1.29, 1.82) is 0 Å². The molecule has 1 atom stereocenters. The summed E-state index contributed by atoms with van der Waals surface area (Å²) in [4.78, 5) is 27.7. The summed E-state index contributed by atoms with van der Waals surface area (Å²) in [5, 5.41) is 0. The molecule has 136 valence electrons. The molecule has 0 aromatic heterocycles. The second-order valence-electron chi connectivity index (χ2n) is 6.95. The largest absolute Gasteiger partial charge is 0.353 e. The average Bonchev–Trinajstić information content (AvgIpc) is 3.04. The van der Waals surface area contributed by atoms with Gasteiger partial charge in [0.15, 0.2) is 0 Å². The summed E-state index contributed by atoms with van der Waals surface area (Å²) in [5.74, 6) is 1.39. The van der Waals surface area contributed by atoms with Crippen molar-refractivity contribution in [2.75, 3.05) is 32.7 Å². The van der Waals surface area contributed by atoms with Crippen LogP contribution in [0.3, 0.4) is 0 Å². The quantitative estimate of drug-likeness (QED) is 0.814. The summed E-state index contributed by atoms with van der Waals surface area (Å²) in [6.45, 7) is 7.19. The van der Waals surface area contributed by atoms with Gasteiger partial charge in [0, 0.05) is 37.8 Å². The fourth-order valence-corrected chi connectivity index (χ4v) is 3.41. The third-order valence-corrected chi connectivity index (χ3v) is 5.14. The van der Waals surface area contributed by atoms with E-state index in [1.807, 2.05) is 12.4 Å². The number of benzene rings is 1. The van der Waals surface area contributed by atoms with E-state index in [0.29, 0.717) is 43.3 Å². The van der Waals surface area contributed by atoms with Crippen LogP contribution in [0.15, 0.2) is 40.1 Å². The van der Waals surface area contributed by atoms with Crippen LogP contribution in [-0.2, 0) is 0 Å². The lowest BCUT2D eigenvalue weighted by molar-refractivity contribution is 0.0668. The van der Waals surface area contributed by atoms with Crippen LogP contribution in [0, 0.1) is 12.7 Å². The lowest BCUT2D eigenvalue weighted by Crippen LogP contribution is -2.48. The van der Waals surface area contributed by atoms with Crippen LogP contribution < -0.4 is 0 Å². The predicted octanol–water partition coefficient (Wildman–Crippen LogP) is 1.88. The SMILES string of the molecule is Cc1ccc(C(=O)N2CCN(C3=CC4=NCC(C)N4C=N3)CC2)cc1F. The van der Waals surface area contributed by atoms with Gasteiger partial charge in [0.2, 0.25) is 0 Å². The third-order valence-electron chi connectivity index (χ3n) is 5.14. The number of carbonyl (C=O) groups is 1. The molecule has 3 aliphatic heterocycles. The minimum absolute atomic E-state index is 0.121. The van der Waals surface area contributed by atoms with Gasteiger partial charge in [-0.3, -0.25) is 9.79 Å². The number of hydrogen-bond donors (Lipinski definition) is 0. The fraction of sp³-hybridized carbons (Fsp3) is 0.421. The topological polar surface area (TPSA) is 51.5 Å². The molecule has 1 amide bonds. The number of nitrogens with zero attached hydrogens (tertiary/aromatic N) is 5. The lowest BCUT2D eigenvalue weighted by atomic mass is 10.1. The van der Waals surface area contributed by atoms with Crippen molar-refractivity contribution in [2.24, 2.45) is 9.98 Å². The second kappa shape index (κ2) is 6.55. The van der Waals surface area contributed by atoms with E-state index in [9.17, 15) is 9.18 Å². The molecule has 0 saturated carbocycles. The minimum atomic E-state index is -0.340. The van der Waals surface area contributed by atoms with Crippen LogP contribution in [0.25, 0.3) is 0 Å². The molecule has 0 N–H and O–H groups in total. The molecule has 1 unspecified atom stereocenters. The van der Waals surface area contributed by atoms with Gasteiger partial charge in [-0.2, -0.15) is 0 Å². The van der Waals surface area contributed by atoms with Crippen molar-refractivity contribution in [3.05, 3.63) is 47.0 Å². The summed E-state index contributed by atoms with van der Waals surface area (Å²) in [6.07, 6.45) is 3.86. The summed E-state index contributed by atoms with van der Waals surface area (Å²) in [5.41, 5.74) is 0.952. The molecular weight excluding hydrogens is 333 g/mol. The molecule has 0 bridgehead atoms. The molecule has 3 heterocycles. The number of piperazine rings is 1. The highest BCUT2D eigenvalue weighted by Crippen LogP contribution is 2.20. The van der Waals surface area contributed by atoms with Crippen molar-refractivity contribution in [3.8, 4) is 0 Å². The Hall–Kier alpha value is -2.70. The zero-order valence-corrected chi connectivity index (χ0v) is 15.0. The maximum Gasteiger partial charge on any atom is 0.254 e. The monoisotopic (exact) mass is 355 g/mol. The zero-order valence-electron chi connectivity index (χ0n) is 15.0. The highest BCUT2D eigenvalue weighted by atomic mass is 19.1. The number of hydrogen-bond acceptors (Lipinski definition) is 5. The molecule has 0 aliphatic carbocycles. The molecule has 1 fully saturated rings. The molecule has 7 heteroatoms. The Morgan fingerprint density at radius 2 is 2.00 bits per heavy atom. The van der Waals surface area contributed by atoms with E-state index in [1.54, 1.807) is 24.0 Å². The molecule has 0 radical (unpaired) electrons. The maximum atomic E-state index is 13.7. The van der Waals surface area contributed by atoms with Crippen LogP contribution in [-0.4, -0.2) is 71.5 Å². The van der Waals surface area contributed by atoms with E-state index in [1.165, 1.54) is 6.07 Å². The number of aliphatic imine (C=N–C) groups is 2. The number of aryl methyl sites for hydroxylation is 1. The van der Waals surface area contributed by atoms with Crippen molar-refractivity contribution < 1.29 is 9.18 Å². The van der Waals surface area contributed by atoms with E-state index in [2.05, 4.69) is 26.7 Å². The first-order chi connectivity index (χ1) is 12.5. The number of amides is 1. The molecule has 1 aromatic carbocycles. The maximum absolute atomic E-state index is 13.7. The van der Waals surface area contributed by atoms with E-state index in [4.69, 9.17) is 0 Å². The smallest absolute Gasteiger partial charge is 0.254 e. The molecular formula is C19H22FN5O. The molecule has 1 aromatic rings. The number of carbonyl (C=O) groups excluding carboxylic acids is 1. The highest BCUT2D eigenvalue weighted by Gasteiger charge is 2.28. The third kappa shape index (κ3) is 2.98. The van der Waals surface area contributed by atoms with E-state index >= 15 is 0 Å². The number of amidine groups is 1. The van der Waals surface area contributed by atoms with E-state index in [0.717, 1.165) is 18.2 Å². The van der Waals surface area contributed by atoms with Crippen LogP contribution in [0.1, 0.15) is 22.8 Å². The van der Waals surface area contributed by atoms with Crippen LogP contribution in [0.5, 0.6) is 0 Å². The molecule has 4 rings (SSSR count). The van der Waals surface area contributed by atoms with Crippen LogP contribution in [0.4, 0.5) is 4.39 Å². The number of halogens is 1. The Labute approximate surface area is 152 Å². The Morgan fingerprint density at radius 3 is 2.73 bits per heavy atom. The summed E-state index contributed by atoms with van der Waals surface area (Å²) in [6, 6.07) is 5.02. The normalized spacial score (nSPS) is 22.3. The summed E-state index contributed by atoms with van der Waals surface area (Å²) in [7, 11) is 0. The molecule has 0 spiro atoms. The van der Waals surface area contributed by atoms with E-state index in [-0.39, 0.29) is 11.7 Å². The zero-order chi connectivity index (χ0) is 18.3. The predicted molar refractivity (Wildman–Crippen MR) is 98.8 cm³/mol. The molecule has 1 saturated heterocycles. The van der Waals surface area contributed by atoms with Crippen molar-refractivity contribution >= 4 is 18.1 Å². The lowest BCUT2D eigenvalue weighted by Gasteiger charge is -2.37. The Balaban J connectivity index is 1.40. The van der Waals surface area contributed by atoms with Gasteiger partial charge < -0.3 is 14.7 Å². The average molecular weight is 355 g/mol. The number of rotatable bonds is 2. The Kier molecular flexibility index (Phi) is 4.22. The van der Waals surface area contributed by atoms with Gasteiger partial charge in [0.05, 0.1) is 18.9 Å². The molecule has 6 nitrogen and oxygen atoms in total. The number of fused-ring (bicyclic) bond motifs is 1. The van der Waals surface area contributed by atoms with Gasteiger partial charge >= 0.3 is 0 Å². The van der Waals surface area contributed by atoms with Crippen LogP contribution in [0.2, 0.25) is 0 Å². The van der Waals surface area contributed by atoms with Gasteiger partial charge in [-0.25, -0.2) is 9.38 Å². The second-order valence-corrected chi connectivity index (χ2v) is 6.95. The first-order valence-corrected chi connectivity index (χ1v) is 8.92. The van der Waals surface area contributed by atoms with Crippen LogP contribution >= 0.6 is 0 Å². The van der Waals surface area contributed by atoms with E-state index < -0.39 is 0 Å². The van der Waals surface area contributed by atoms with Gasteiger partial charge in [-0.05, 0) is 31.5 Å². The fourth-order valence-electron chi connectivity index (χ4n) is 3.41. The molecule has 3 aliphatic rings. The minimum Gasteiger partial charge on any atom is -0.353 e. The van der Waals surface area contributed by atoms with Crippen molar-refractivity contribution in [3.63, 3.8) is 0 Å². The summed E-state index contributed by atoms with van der Waals surface area (Å²) >= 11 is 0. The van der Waals surface area contributed by atoms with Gasteiger partial charge in [-0.1, -0.05) is 6.07 Å². The van der Waals surface area contributed by atoms with Gasteiger partial charge in [0.25, 0.3) is 5.91 Å². The first kappa shape index (κ1) is 16.8.